The molecule has 3 rings (SSSR count). The number of methoxy groups -OCH3 is 1. The minimum absolute atomic E-state index is 0.0379. The summed E-state index contributed by atoms with van der Waals surface area (Å²) in [5, 5.41) is 3.76. The van der Waals surface area contributed by atoms with E-state index >= 15 is 0 Å². The molecule has 0 amide bonds. The molecule has 1 atom stereocenters. The van der Waals surface area contributed by atoms with E-state index in [2.05, 4.69) is 5.32 Å². The number of halogens is 2. The fourth-order valence-corrected chi connectivity index (χ4v) is 2.59. The topological polar surface area (TPSA) is 30.5 Å². The Morgan fingerprint density at radius 3 is 3.00 bits per heavy atom. The Kier molecular flexibility index (Phi) is 3.88. The molecule has 1 heterocycles. The van der Waals surface area contributed by atoms with Gasteiger partial charge in [0.2, 0.25) is 0 Å². The third kappa shape index (κ3) is 3.05. The van der Waals surface area contributed by atoms with Gasteiger partial charge >= 0.3 is 0 Å². The highest BCUT2D eigenvalue weighted by Crippen LogP contribution is 2.31. The van der Waals surface area contributed by atoms with Crippen molar-refractivity contribution in [1.29, 1.82) is 0 Å². The van der Waals surface area contributed by atoms with E-state index in [0.717, 1.165) is 17.7 Å². The van der Waals surface area contributed by atoms with Crippen molar-refractivity contribution in [3.05, 3.63) is 52.8 Å². The number of hydrogen-bond donors (Lipinski definition) is 1. The molecule has 5 heteroatoms. The first kappa shape index (κ1) is 14.0. The minimum Gasteiger partial charge on any atom is -0.497 e. The Morgan fingerprint density at radius 1 is 1.33 bits per heavy atom. The van der Waals surface area contributed by atoms with Gasteiger partial charge in [0.05, 0.1) is 19.3 Å². The molecule has 0 radical (unpaired) electrons. The predicted molar refractivity (Wildman–Crippen MR) is 81.0 cm³/mol. The maximum absolute atomic E-state index is 13.7. The third-order valence-electron chi connectivity index (χ3n) is 3.46. The highest BCUT2D eigenvalue weighted by Gasteiger charge is 2.23. The highest BCUT2D eigenvalue weighted by atomic mass is 35.5. The van der Waals surface area contributed by atoms with Crippen LogP contribution in [0, 0.1) is 5.82 Å². The molecule has 0 saturated carbocycles. The van der Waals surface area contributed by atoms with Crippen LogP contribution in [0.3, 0.4) is 0 Å². The van der Waals surface area contributed by atoms with Gasteiger partial charge in [0, 0.05) is 17.5 Å². The van der Waals surface area contributed by atoms with Crippen LogP contribution in [0.25, 0.3) is 0 Å². The first-order valence-corrected chi connectivity index (χ1v) is 7.06. The van der Waals surface area contributed by atoms with Gasteiger partial charge < -0.3 is 14.8 Å². The van der Waals surface area contributed by atoms with Crippen LogP contribution in [0.2, 0.25) is 5.02 Å². The largest absolute Gasteiger partial charge is 0.497 e. The number of hydrogen-bond acceptors (Lipinski definition) is 3. The molecule has 3 nitrogen and oxygen atoms in total. The van der Waals surface area contributed by atoms with Crippen molar-refractivity contribution in [3.63, 3.8) is 0 Å². The monoisotopic (exact) mass is 307 g/mol. The summed E-state index contributed by atoms with van der Waals surface area (Å²) >= 11 is 5.96. The molecule has 2 aromatic carbocycles. The van der Waals surface area contributed by atoms with E-state index < -0.39 is 0 Å². The second-order valence-corrected chi connectivity index (χ2v) is 5.36. The van der Waals surface area contributed by atoms with Gasteiger partial charge in [-0.2, -0.15) is 0 Å². The zero-order valence-corrected chi connectivity index (χ0v) is 12.3. The van der Waals surface area contributed by atoms with Gasteiger partial charge in [0.1, 0.15) is 23.4 Å². The van der Waals surface area contributed by atoms with Crippen LogP contribution in [0.5, 0.6) is 11.5 Å². The summed E-state index contributed by atoms with van der Waals surface area (Å²) in [5.74, 6) is 1.15. The number of benzene rings is 2. The molecular formula is C16H15ClFNO2. The lowest BCUT2D eigenvalue weighted by Gasteiger charge is -2.14. The second-order valence-electron chi connectivity index (χ2n) is 4.92. The lowest BCUT2D eigenvalue weighted by Crippen LogP contribution is -2.24. The Hall–Kier alpha value is -1.94. The van der Waals surface area contributed by atoms with E-state index in [0.29, 0.717) is 23.0 Å². The number of ether oxygens (including phenoxy) is 2. The molecule has 21 heavy (non-hydrogen) atoms. The standard InChI is InChI=1S/C16H15ClFNO2/c1-20-12-3-4-14(18)15(8-12)19-9-13-7-10-6-11(17)2-5-16(10)21-13/h2-6,8,13,19H,7,9H2,1H3. The molecule has 0 fully saturated rings. The number of rotatable bonds is 4. The number of anilines is 1. The molecule has 1 N–H and O–H groups in total. The molecule has 0 aliphatic carbocycles. The van der Waals surface area contributed by atoms with E-state index in [4.69, 9.17) is 21.1 Å². The molecule has 1 unspecified atom stereocenters. The smallest absolute Gasteiger partial charge is 0.146 e. The maximum atomic E-state index is 13.7. The maximum Gasteiger partial charge on any atom is 0.146 e. The minimum atomic E-state index is -0.311. The van der Waals surface area contributed by atoms with E-state index in [9.17, 15) is 4.39 Å². The zero-order valence-electron chi connectivity index (χ0n) is 11.5. The average Bonchev–Trinajstić information content (AvgIpc) is 2.88. The van der Waals surface area contributed by atoms with Gasteiger partial charge in [-0.15, -0.1) is 0 Å². The Morgan fingerprint density at radius 2 is 2.19 bits per heavy atom. The van der Waals surface area contributed by atoms with E-state index in [-0.39, 0.29) is 11.9 Å². The van der Waals surface area contributed by atoms with E-state index in [1.54, 1.807) is 25.3 Å². The summed E-state index contributed by atoms with van der Waals surface area (Å²) in [6.07, 6.45) is 0.721. The van der Waals surface area contributed by atoms with Crippen molar-refractivity contribution in [2.24, 2.45) is 0 Å². The van der Waals surface area contributed by atoms with Gasteiger partial charge in [-0.1, -0.05) is 11.6 Å². The fourth-order valence-electron chi connectivity index (χ4n) is 2.39. The summed E-state index contributed by atoms with van der Waals surface area (Å²) in [6, 6.07) is 10.2. The van der Waals surface area contributed by atoms with Crippen LogP contribution in [-0.4, -0.2) is 19.8 Å². The van der Waals surface area contributed by atoms with Crippen molar-refractivity contribution in [1.82, 2.24) is 0 Å². The van der Waals surface area contributed by atoms with Crippen molar-refractivity contribution in [2.75, 3.05) is 19.0 Å². The van der Waals surface area contributed by atoms with Crippen molar-refractivity contribution in [2.45, 2.75) is 12.5 Å². The molecule has 0 spiro atoms. The normalized spacial score (nSPS) is 16.2. The quantitative estimate of drug-likeness (QED) is 0.929. The van der Waals surface area contributed by atoms with E-state index in [1.807, 2.05) is 12.1 Å². The molecule has 1 aliphatic rings. The molecule has 0 aromatic heterocycles. The third-order valence-corrected chi connectivity index (χ3v) is 3.69. The molecule has 2 aromatic rings. The number of fused-ring (bicyclic) bond motifs is 1. The first-order chi connectivity index (χ1) is 10.2. The highest BCUT2D eigenvalue weighted by molar-refractivity contribution is 6.30. The van der Waals surface area contributed by atoms with Gasteiger partial charge in [-0.25, -0.2) is 4.39 Å². The summed E-state index contributed by atoms with van der Waals surface area (Å²) in [7, 11) is 1.55. The van der Waals surface area contributed by atoms with Gasteiger partial charge in [0.25, 0.3) is 0 Å². The van der Waals surface area contributed by atoms with Crippen molar-refractivity contribution >= 4 is 17.3 Å². The summed E-state index contributed by atoms with van der Waals surface area (Å²) in [5.41, 5.74) is 1.49. The fraction of sp³-hybridized carbons (Fsp3) is 0.250. The first-order valence-electron chi connectivity index (χ1n) is 6.68. The molecule has 0 bridgehead atoms. The Bertz CT molecular complexity index is 663. The van der Waals surface area contributed by atoms with Gasteiger partial charge in [0.15, 0.2) is 0 Å². The number of nitrogens with one attached hydrogen (secondary N) is 1. The zero-order chi connectivity index (χ0) is 14.8. The van der Waals surface area contributed by atoms with E-state index in [1.165, 1.54) is 6.07 Å². The average molecular weight is 308 g/mol. The van der Waals surface area contributed by atoms with Crippen molar-refractivity contribution < 1.29 is 13.9 Å². The van der Waals surface area contributed by atoms with Gasteiger partial charge in [-0.3, -0.25) is 0 Å². The Balaban J connectivity index is 1.65. The Labute approximate surface area is 127 Å². The molecule has 110 valence electrons. The summed E-state index contributed by atoms with van der Waals surface area (Å²) in [4.78, 5) is 0. The second kappa shape index (κ2) is 5.82. The lowest BCUT2D eigenvalue weighted by atomic mass is 10.1. The SMILES string of the molecule is COc1ccc(F)c(NCC2Cc3cc(Cl)ccc3O2)c1. The summed E-state index contributed by atoms with van der Waals surface area (Å²) in [6.45, 7) is 0.510. The van der Waals surface area contributed by atoms with Crippen LogP contribution in [0.15, 0.2) is 36.4 Å². The van der Waals surface area contributed by atoms with Crippen LogP contribution >= 0.6 is 11.6 Å². The lowest BCUT2D eigenvalue weighted by molar-refractivity contribution is 0.246. The molecule has 1 aliphatic heterocycles. The van der Waals surface area contributed by atoms with Crippen LogP contribution in [0.1, 0.15) is 5.56 Å². The van der Waals surface area contributed by atoms with Gasteiger partial charge in [-0.05, 0) is 35.9 Å². The van der Waals surface area contributed by atoms with Crippen molar-refractivity contribution in [3.8, 4) is 11.5 Å². The predicted octanol–water partition coefficient (Wildman–Crippen LogP) is 3.90. The van der Waals surface area contributed by atoms with Crippen LogP contribution in [-0.2, 0) is 6.42 Å². The van der Waals surface area contributed by atoms with Crippen LogP contribution in [0.4, 0.5) is 10.1 Å². The molecular weight excluding hydrogens is 293 g/mol. The molecule has 0 saturated heterocycles. The summed E-state index contributed by atoms with van der Waals surface area (Å²) < 4.78 is 24.6. The van der Waals surface area contributed by atoms with Crippen LogP contribution < -0.4 is 14.8 Å².